The maximum atomic E-state index is 5.92. The van der Waals surface area contributed by atoms with Crippen molar-refractivity contribution in [2.24, 2.45) is 0 Å². The predicted octanol–water partition coefficient (Wildman–Crippen LogP) is 5.17. The van der Waals surface area contributed by atoms with Crippen LogP contribution in [0.2, 0.25) is 0 Å². The summed E-state index contributed by atoms with van der Waals surface area (Å²) < 4.78 is 10.0. The zero-order chi connectivity index (χ0) is 22.9. The maximum Gasteiger partial charge on any atom is 0.164 e. The molecule has 0 saturated carbocycles. The van der Waals surface area contributed by atoms with Crippen molar-refractivity contribution in [3.63, 3.8) is 0 Å². The molecule has 0 bridgehead atoms. The molecule has 0 amide bonds. The van der Waals surface area contributed by atoms with Gasteiger partial charge in [0.25, 0.3) is 0 Å². The summed E-state index contributed by atoms with van der Waals surface area (Å²) in [6, 6.07) is 4.12. The Labute approximate surface area is 197 Å². The Hall–Kier alpha value is -2.98. The molecular formula is C23H28N8OS. The lowest BCUT2D eigenvalue weighted by atomic mass is 10.2. The van der Waals surface area contributed by atoms with E-state index in [1.54, 1.807) is 24.3 Å². The lowest BCUT2D eigenvalue weighted by Gasteiger charge is -2.16. The molecule has 5 rings (SSSR count). The van der Waals surface area contributed by atoms with Gasteiger partial charge < -0.3 is 14.6 Å². The molecule has 4 aromatic rings. The van der Waals surface area contributed by atoms with Gasteiger partial charge in [-0.3, -0.25) is 0 Å². The molecule has 1 aliphatic heterocycles. The SMILES string of the molecule is CC(C)Sn1cc(-c2nccc(Nc3cc4c(cn3)nc(C3CCCO3)n4C(C)C)n2)cn1. The minimum absolute atomic E-state index is 0.0513. The second kappa shape index (κ2) is 9.11. The molecule has 1 unspecified atom stereocenters. The molecule has 1 N–H and O–H groups in total. The molecule has 1 saturated heterocycles. The molecule has 0 radical (unpaired) electrons. The third-order valence-electron chi connectivity index (χ3n) is 5.39. The molecule has 9 nitrogen and oxygen atoms in total. The van der Waals surface area contributed by atoms with Crippen molar-refractivity contribution in [2.45, 2.75) is 57.9 Å². The molecule has 4 aromatic heterocycles. The molecule has 0 spiro atoms. The van der Waals surface area contributed by atoms with Crippen molar-refractivity contribution in [1.82, 2.24) is 33.7 Å². The van der Waals surface area contributed by atoms with Gasteiger partial charge in [-0.15, -0.1) is 0 Å². The lowest BCUT2D eigenvalue weighted by molar-refractivity contribution is 0.101. The molecule has 1 atom stereocenters. The number of fused-ring (bicyclic) bond motifs is 1. The number of pyridine rings is 1. The Kier molecular flexibility index (Phi) is 6.03. The Morgan fingerprint density at radius 3 is 2.76 bits per heavy atom. The second-order valence-electron chi connectivity index (χ2n) is 8.67. The number of nitrogens with one attached hydrogen (secondary N) is 1. The highest BCUT2D eigenvalue weighted by molar-refractivity contribution is 7.98. The quantitative estimate of drug-likeness (QED) is 0.400. The number of hydrogen-bond donors (Lipinski definition) is 1. The summed E-state index contributed by atoms with van der Waals surface area (Å²) in [4.78, 5) is 18.5. The van der Waals surface area contributed by atoms with E-state index in [1.165, 1.54) is 0 Å². The van der Waals surface area contributed by atoms with Crippen LogP contribution >= 0.6 is 11.9 Å². The molecule has 172 valence electrons. The second-order valence-corrected chi connectivity index (χ2v) is 10.2. The van der Waals surface area contributed by atoms with Crippen molar-refractivity contribution in [3.8, 4) is 11.4 Å². The standard InChI is InChI=1S/C23H28N8OS/c1-14(2)31-18-10-21(25-12-17(18)27-23(31)19-6-5-9-32-19)28-20-7-8-24-22(29-20)16-11-26-30(13-16)33-15(3)4/h7-8,10-15,19H,5-6,9H2,1-4H3,(H,24,25,28,29). The van der Waals surface area contributed by atoms with Crippen LogP contribution in [0.1, 0.15) is 58.5 Å². The predicted molar refractivity (Wildman–Crippen MR) is 131 cm³/mol. The van der Waals surface area contributed by atoms with Crippen molar-refractivity contribution < 1.29 is 4.74 Å². The van der Waals surface area contributed by atoms with Crippen molar-refractivity contribution in [2.75, 3.05) is 11.9 Å². The van der Waals surface area contributed by atoms with Crippen molar-refractivity contribution in [1.29, 1.82) is 0 Å². The minimum atomic E-state index is 0.0513. The van der Waals surface area contributed by atoms with E-state index >= 15 is 0 Å². The van der Waals surface area contributed by atoms with Crippen LogP contribution < -0.4 is 5.32 Å². The first-order valence-electron chi connectivity index (χ1n) is 11.3. The number of rotatable bonds is 7. The fourth-order valence-corrected chi connectivity index (χ4v) is 4.74. The Morgan fingerprint density at radius 2 is 2.00 bits per heavy atom. The van der Waals surface area contributed by atoms with Crippen molar-refractivity contribution >= 4 is 34.6 Å². The van der Waals surface area contributed by atoms with E-state index < -0.39 is 0 Å². The summed E-state index contributed by atoms with van der Waals surface area (Å²) in [6.07, 6.45) is 9.41. The van der Waals surface area contributed by atoms with Gasteiger partial charge in [0.1, 0.15) is 29.1 Å². The highest BCUT2D eigenvalue weighted by Gasteiger charge is 2.26. The van der Waals surface area contributed by atoms with Crippen LogP contribution in [0.4, 0.5) is 11.6 Å². The average molecular weight is 465 g/mol. The number of nitrogens with zero attached hydrogens (tertiary/aromatic N) is 7. The Morgan fingerprint density at radius 1 is 1.12 bits per heavy atom. The number of aromatic nitrogens is 7. The van der Waals surface area contributed by atoms with E-state index in [4.69, 9.17) is 9.72 Å². The first-order chi connectivity index (χ1) is 16.0. The van der Waals surface area contributed by atoms with E-state index in [9.17, 15) is 0 Å². The van der Waals surface area contributed by atoms with Gasteiger partial charge in [-0.05, 0) is 44.7 Å². The largest absolute Gasteiger partial charge is 0.370 e. The first-order valence-corrected chi connectivity index (χ1v) is 12.1. The van der Waals surface area contributed by atoms with Crippen molar-refractivity contribution in [3.05, 3.63) is 42.7 Å². The van der Waals surface area contributed by atoms with E-state index in [0.29, 0.717) is 22.7 Å². The summed E-state index contributed by atoms with van der Waals surface area (Å²) in [5.41, 5.74) is 2.78. The zero-order valence-corrected chi connectivity index (χ0v) is 20.1. The topological polar surface area (TPSA) is 95.6 Å². The van der Waals surface area contributed by atoms with E-state index in [2.05, 4.69) is 57.6 Å². The Balaban J connectivity index is 1.43. The number of hydrogen-bond acceptors (Lipinski definition) is 8. The molecule has 33 heavy (non-hydrogen) atoms. The van der Waals surface area contributed by atoms with Crippen LogP contribution in [0, 0.1) is 0 Å². The average Bonchev–Trinajstić information content (AvgIpc) is 3.52. The van der Waals surface area contributed by atoms with Gasteiger partial charge in [0.15, 0.2) is 5.82 Å². The third kappa shape index (κ3) is 4.58. The van der Waals surface area contributed by atoms with Crippen LogP contribution in [0.3, 0.4) is 0 Å². The molecule has 1 fully saturated rings. The van der Waals surface area contributed by atoms with Gasteiger partial charge in [-0.2, -0.15) is 5.10 Å². The van der Waals surface area contributed by atoms with Gasteiger partial charge in [0, 0.05) is 36.4 Å². The van der Waals surface area contributed by atoms with Gasteiger partial charge >= 0.3 is 0 Å². The molecular weight excluding hydrogens is 436 g/mol. The fraction of sp³-hybridized carbons (Fsp3) is 0.435. The van der Waals surface area contributed by atoms with Gasteiger partial charge in [-0.25, -0.2) is 24.0 Å². The Bertz CT molecular complexity index is 1260. The maximum absolute atomic E-state index is 5.92. The molecule has 10 heteroatoms. The molecule has 5 heterocycles. The lowest BCUT2D eigenvalue weighted by Crippen LogP contribution is -2.10. The van der Waals surface area contributed by atoms with E-state index in [-0.39, 0.29) is 12.1 Å². The van der Waals surface area contributed by atoms with Crippen LogP contribution in [0.15, 0.2) is 36.9 Å². The first kappa shape index (κ1) is 21.8. The zero-order valence-electron chi connectivity index (χ0n) is 19.3. The van der Waals surface area contributed by atoms with Crippen LogP contribution in [-0.2, 0) is 4.74 Å². The summed E-state index contributed by atoms with van der Waals surface area (Å²) in [5.74, 6) is 2.98. The van der Waals surface area contributed by atoms with Gasteiger partial charge in [0.05, 0.1) is 23.5 Å². The molecule has 0 aliphatic carbocycles. The third-order valence-corrected chi connectivity index (χ3v) is 6.22. The summed E-state index contributed by atoms with van der Waals surface area (Å²) >= 11 is 1.64. The monoisotopic (exact) mass is 464 g/mol. The number of imidazole rings is 1. The number of ether oxygens (including phenoxy) is 1. The molecule has 1 aliphatic rings. The van der Waals surface area contributed by atoms with Crippen LogP contribution in [0.5, 0.6) is 0 Å². The minimum Gasteiger partial charge on any atom is -0.370 e. The smallest absolute Gasteiger partial charge is 0.164 e. The summed E-state index contributed by atoms with van der Waals surface area (Å²) in [6.45, 7) is 9.39. The summed E-state index contributed by atoms with van der Waals surface area (Å²) in [7, 11) is 0. The van der Waals surface area contributed by atoms with E-state index in [1.807, 2.05) is 28.6 Å². The fourth-order valence-electron chi connectivity index (χ4n) is 4.03. The highest BCUT2D eigenvalue weighted by atomic mass is 32.2. The summed E-state index contributed by atoms with van der Waals surface area (Å²) in [5, 5.41) is 8.15. The highest BCUT2D eigenvalue weighted by Crippen LogP contribution is 2.33. The van der Waals surface area contributed by atoms with Crippen LogP contribution in [0.25, 0.3) is 22.4 Å². The normalized spacial score (nSPS) is 16.4. The van der Waals surface area contributed by atoms with E-state index in [0.717, 1.165) is 41.9 Å². The van der Waals surface area contributed by atoms with Crippen LogP contribution in [-0.4, -0.2) is 45.5 Å². The number of anilines is 2. The van der Waals surface area contributed by atoms with Gasteiger partial charge in [0.2, 0.25) is 0 Å². The van der Waals surface area contributed by atoms with Gasteiger partial charge in [-0.1, -0.05) is 13.8 Å². The molecule has 0 aromatic carbocycles.